The number of nitrogens with zero attached hydrogens (tertiary/aromatic N) is 6. The molecule has 0 aliphatic carbocycles. The Morgan fingerprint density at radius 3 is 2.48 bits per heavy atom. The number of rotatable bonds is 7. The van der Waals surface area contributed by atoms with Gasteiger partial charge in [-0.2, -0.15) is 5.10 Å². The third-order valence-electron chi connectivity index (χ3n) is 4.16. The second kappa shape index (κ2) is 7.92. The van der Waals surface area contributed by atoms with Crippen molar-refractivity contribution in [2.24, 2.45) is 0 Å². The summed E-state index contributed by atoms with van der Waals surface area (Å²) >= 11 is 0. The lowest BCUT2D eigenvalue weighted by atomic mass is 10.2. The molecule has 0 N–H and O–H groups in total. The second-order valence-electron chi connectivity index (χ2n) is 5.73. The largest absolute Gasteiger partial charge is 0.493 e. The molecule has 7 nitrogen and oxygen atoms in total. The topological polar surface area (TPSA) is 59.3 Å². The Kier molecular flexibility index (Phi) is 5.42. The molecule has 0 radical (unpaired) electrons. The minimum absolute atomic E-state index is 0.823. The van der Waals surface area contributed by atoms with E-state index in [4.69, 9.17) is 4.74 Å². The molecule has 0 spiro atoms. The monoisotopic (exact) mass is 316 g/mol. The van der Waals surface area contributed by atoms with Crippen LogP contribution in [0.5, 0.6) is 5.75 Å². The molecule has 1 aliphatic rings. The summed E-state index contributed by atoms with van der Waals surface area (Å²) in [4.78, 5) is 13.4. The van der Waals surface area contributed by atoms with Gasteiger partial charge in [-0.1, -0.05) is 0 Å². The molecule has 23 heavy (non-hydrogen) atoms. The molecule has 0 atom stereocenters. The second-order valence-corrected chi connectivity index (χ2v) is 5.73. The highest BCUT2D eigenvalue weighted by atomic mass is 16.5. The van der Waals surface area contributed by atoms with Crippen molar-refractivity contribution < 1.29 is 4.74 Å². The van der Waals surface area contributed by atoms with Gasteiger partial charge in [0.15, 0.2) is 5.75 Å². The summed E-state index contributed by atoms with van der Waals surface area (Å²) in [5, 5.41) is 4.27. The Labute approximate surface area is 136 Å². The van der Waals surface area contributed by atoms with Gasteiger partial charge in [-0.25, -0.2) is 9.97 Å². The first-order valence-corrected chi connectivity index (χ1v) is 8.16. The first-order chi connectivity index (χ1) is 11.3. The fourth-order valence-electron chi connectivity index (χ4n) is 2.81. The van der Waals surface area contributed by atoms with Crippen LogP contribution in [0.25, 0.3) is 0 Å². The van der Waals surface area contributed by atoms with E-state index in [-0.39, 0.29) is 0 Å². The zero-order valence-corrected chi connectivity index (χ0v) is 13.6. The van der Waals surface area contributed by atoms with E-state index in [1.807, 2.05) is 16.9 Å². The van der Waals surface area contributed by atoms with Gasteiger partial charge in [-0.3, -0.25) is 9.58 Å². The Morgan fingerprint density at radius 1 is 1.04 bits per heavy atom. The van der Waals surface area contributed by atoms with Crippen LogP contribution in [0.4, 0.5) is 5.95 Å². The van der Waals surface area contributed by atoms with Crippen LogP contribution >= 0.6 is 0 Å². The Balaban J connectivity index is 1.33. The summed E-state index contributed by atoms with van der Waals surface area (Å²) in [6, 6.07) is 1.86. The number of hydrogen-bond donors (Lipinski definition) is 0. The quantitative estimate of drug-likeness (QED) is 0.717. The maximum atomic E-state index is 5.14. The van der Waals surface area contributed by atoms with Crippen molar-refractivity contribution >= 4 is 5.95 Å². The molecule has 0 aromatic carbocycles. The molecule has 7 heteroatoms. The summed E-state index contributed by atoms with van der Waals surface area (Å²) in [6.45, 7) is 6.24. The standard InChI is InChI=1S/C16H24N6O/c1-23-15-13-19-22(14-15)8-3-2-7-20-9-11-21(12-10-20)16-17-5-4-6-18-16/h4-6,13-14H,2-3,7-12H2,1H3. The van der Waals surface area contributed by atoms with Gasteiger partial charge in [-0.05, 0) is 25.5 Å². The van der Waals surface area contributed by atoms with E-state index in [1.54, 1.807) is 25.7 Å². The highest BCUT2D eigenvalue weighted by Gasteiger charge is 2.18. The van der Waals surface area contributed by atoms with Crippen molar-refractivity contribution in [3.05, 3.63) is 30.9 Å². The van der Waals surface area contributed by atoms with Crippen molar-refractivity contribution in [2.75, 3.05) is 44.7 Å². The van der Waals surface area contributed by atoms with Crippen molar-refractivity contribution in [2.45, 2.75) is 19.4 Å². The average Bonchev–Trinajstić information content (AvgIpc) is 3.08. The van der Waals surface area contributed by atoms with Gasteiger partial charge < -0.3 is 9.64 Å². The zero-order valence-electron chi connectivity index (χ0n) is 13.6. The SMILES string of the molecule is COc1cnn(CCCCN2CCN(c3ncccn3)CC2)c1. The fourth-order valence-corrected chi connectivity index (χ4v) is 2.81. The third-order valence-corrected chi connectivity index (χ3v) is 4.16. The van der Waals surface area contributed by atoms with E-state index in [0.29, 0.717) is 0 Å². The van der Waals surface area contributed by atoms with Gasteiger partial charge in [0.05, 0.1) is 19.5 Å². The minimum atomic E-state index is 0.823. The molecule has 1 saturated heterocycles. The first-order valence-electron chi connectivity index (χ1n) is 8.16. The van der Waals surface area contributed by atoms with Crippen LogP contribution in [0.3, 0.4) is 0 Å². The zero-order chi connectivity index (χ0) is 15.9. The number of hydrogen-bond acceptors (Lipinski definition) is 6. The predicted octanol–water partition coefficient (Wildman–Crippen LogP) is 1.28. The number of aromatic nitrogens is 4. The van der Waals surface area contributed by atoms with E-state index >= 15 is 0 Å². The van der Waals surface area contributed by atoms with Crippen molar-refractivity contribution in [3.8, 4) is 5.75 Å². The van der Waals surface area contributed by atoms with E-state index in [0.717, 1.165) is 57.4 Å². The van der Waals surface area contributed by atoms with E-state index in [9.17, 15) is 0 Å². The van der Waals surface area contributed by atoms with Crippen LogP contribution in [0, 0.1) is 0 Å². The molecule has 3 heterocycles. The number of piperazine rings is 1. The molecule has 1 aliphatic heterocycles. The van der Waals surface area contributed by atoms with Crippen LogP contribution < -0.4 is 9.64 Å². The van der Waals surface area contributed by atoms with Gasteiger partial charge in [-0.15, -0.1) is 0 Å². The van der Waals surface area contributed by atoms with Gasteiger partial charge in [0.2, 0.25) is 5.95 Å². The highest BCUT2D eigenvalue weighted by molar-refractivity contribution is 5.29. The smallest absolute Gasteiger partial charge is 0.225 e. The molecular formula is C16H24N6O. The molecule has 0 unspecified atom stereocenters. The number of unbranched alkanes of at least 4 members (excludes halogenated alkanes) is 1. The predicted molar refractivity (Wildman–Crippen MR) is 88.7 cm³/mol. The average molecular weight is 316 g/mol. The minimum Gasteiger partial charge on any atom is -0.493 e. The van der Waals surface area contributed by atoms with Crippen molar-refractivity contribution in [3.63, 3.8) is 0 Å². The molecule has 3 rings (SSSR count). The Morgan fingerprint density at radius 2 is 1.78 bits per heavy atom. The fraction of sp³-hybridized carbons (Fsp3) is 0.562. The maximum Gasteiger partial charge on any atom is 0.225 e. The molecule has 2 aromatic rings. The molecule has 0 bridgehead atoms. The van der Waals surface area contributed by atoms with Gasteiger partial charge >= 0.3 is 0 Å². The van der Waals surface area contributed by atoms with Crippen LogP contribution in [0.15, 0.2) is 30.9 Å². The van der Waals surface area contributed by atoms with Gasteiger partial charge in [0.25, 0.3) is 0 Å². The van der Waals surface area contributed by atoms with Crippen molar-refractivity contribution in [1.29, 1.82) is 0 Å². The van der Waals surface area contributed by atoms with Gasteiger partial charge in [0, 0.05) is 45.1 Å². The number of aryl methyl sites for hydroxylation is 1. The van der Waals surface area contributed by atoms with E-state index < -0.39 is 0 Å². The molecule has 0 amide bonds. The lowest BCUT2D eigenvalue weighted by Gasteiger charge is -2.34. The molecular weight excluding hydrogens is 292 g/mol. The van der Waals surface area contributed by atoms with E-state index in [1.165, 1.54) is 6.42 Å². The summed E-state index contributed by atoms with van der Waals surface area (Å²) in [6.07, 6.45) is 9.62. The van der Waals surface area contributed by atoms with Crippen molar-refractivity contribution in [1.82, 2.24) is 24.6 Å². The summed E-state index contributed by atoms with van der Waals surface area (Å²) in [5.74, 6) is 1.67. The van der Waals surface area contributed by atoms with Crippen LogP contribution in [0.1, 0.15) is 12.8 Å². The van der Waals surface area contributed by atoms with Crippen LogP contribution in [-0.4, -0.2) is 64.5 Å². The number of anilines is 1. The summed E-state index contributed by atoms with van der Waals surface area (Å²) < 4.78 is 7.08. The summed E-state index contributed by atoms with van der Waals surface area (Å²) in [5.41, 5.74) is 0. The molecule has 1 fully saturated rings. The highest BCUT2D eigenvalue weighted by Crippen LogP contribution is 2.11. The Hall–Kier alpha value is -2.15. The lowest BCUT2D eigenvalue weighted by Crippen LogP contribution is -2.47. The molecule has 0 saturated carbocycles. The normalized spacial score (nSPS) is 15.8. The first kappa shape index (κ1) is 15.7. The summed E-state index contributed by atoms with van der Waals surface area (Å²) in [7, 11) is 1.67. The third kappa shape index (κ3) is 4.41. The lowest BCUT2D eigenvalue weighted by molar-refractivity contribution is 0.249. The molecule has 2 aromatic heterocycles. The molecule has 124 valence electrons. The van der Waals surface area contributed by atoms with Crippen LogP contribution in [0.2, 0.25) is 0 Å². The van der Waals surface area contributed by atoms with Crippen LogP contribution in [-0.2, 0) is 6.54 Å². The number of methoxy groups -OCH3 is 1. The Bertz CT molecular complexity index is 579. The maximum absolute atomic E-state index is 5.14. The van der Waals surface area contributed by atoms with Gasteiger partial charge in [0.1, 0.15) is 0 Å². The number of ether oxygens (including phenoxy) is 1. The van der Waals surface area contributed by atoms with E-state index in [2.05, 4.69) is 24.9 Å².